The van der Waals surface area contributed by atoms with Crippen molar-refractivity contribution >= 4 is 5.91 Å². The fourth-order valence-corrected chi connectivity index (χ4v) is 2.76. The van der Waals surface area contributed by atoms with Gasteiger partial charge >= 0.3 is 0 Å². The first-order valence-electron chi connectivity index (χ1n) is 7.78. The van der Waals surface area contributed by atoms with Crippen molar-refractivity contribution in [3.8, 4) is 5.75 Å². The average Bonchev–Trinajstić information content (AvgIpc) is 2.52. The molecule has 1 aliphatic heterocycles. The van der Waals surface area contributed by atoms with Crippen LogP contribution in [-0.2, 0) is 4.79 Å². The highest BCUT2D eigenvalue weighted by Crippen LogP contribution is 2.19. The summed E-state index contributed by atoms with van der Waals surface area (Å²) in [7, 11) is 3.69. The summed E-state index contributed by atoms with van der Waals surface area (Å²) in [5, 5.41) is 0. The van der Waals surface area contributed by atoms with Gasteiger partial charge in [0, 0.05) is 26.6 Å². The standard InChI is InChI=1S/C17H26N2O2/c1-18(2)17(20)15-9-12-19(13-10-15)11-6-14-21-16-7-4-3-5-8-16/h3-5,7-8,15H,6,9-14H2,1-2H3. The van der Waals surface area contributed by atoms with Crippen LogP contribution in [0.25, 0.3) is 0 Å². The number of rotatable bonds is 6. The van der Waals surface area contributed by atoms with E-state index in [1.54, 1.807) is 4.90 Å². The quantitative estimate of drug-likeness (QED) is 0.753. The maximum atomic E-state index is 11.9. The molecular formula is C17H26N2O2. The first-order valence-corrected chi connectivity index (χ1v) is 7.78. The Morgan fingerprint density at radius 2 is 1.90 bits per heavy atom. The molecule has 1 heterocycles. The van der Waals surface area contributed by atoms with Crippen LogP contribution in [0, 0.1) is 5.92 Å². The predicted molar refractivity (Wildman–Crippen MR) is 84.4 cm³/mol. The zero-order valence-corrected chi connectivity index (χ0v) is 13.1. The van der Waals surface area contributed by atoms with Crippen molar-refractivity contribution < 1.29 is 9.53 Å². The molecule has 0 bridgehead atoms. The number of likely N-dealkylation sites (tertiary alicyclic amines) is 1. The third kappa shape index (κ3) is 5.05. The number of piperidine rings is 1. The molecule has 4 heteroatoms. The van der Waals surface area contributed by atoms with Gasteiger partial charge < -0.3 is 14.5 Å². The summed E-state index contributed by atoms with van der Waals surface area (Å²) in [5.41, 5.74) is 0. The molecule has 1 aromatic rings. The number of nitrogens with zero attached hydrogens (tertiary/aromatic N) is 2. The fourth-order valence-electron chi connectivity index (χ4n) is 2.76. The van der Waals surface area contributed by atoms with E-state index < -0.39 is 0 Å². The molecule has 0 unspecified atom stereocenters. The van der Waals surface area contributed by atoms with Crippen molar-refractivity contribution in [3.63, 3.8) is 0 Å². The minimum atomic E-state index is 0.219. The highest BCUT2D eigenvalue weighted by atomic mass is 16.5. The molecule has 1 amide bonds. The van der Waals surface area contributed by atoms with E-state index in [4.69, 9.17) is 4.74 Å². The van der Waals surface area contributed by atoms with Gasteiger partial charge in [-0.15, -0.1) is 0 Å². The summed E-state index contributed by atoms with van der Waals surface area (Å²) in [6, 6.07) is 9.94. The molecule has 21 heavy (non-hydrogen) atoms. The van der Waals surface area contributed by atoms with Gasteiger partial charge in [0.1, 0.15) is 5.75 Å². The summed E-state index contributed by atoms with van der Waals surface area (Å²) in [6.07, 6.45) is 2.99. The highest BCUT2D eigenvalue weighted by molar-refractivity contribution is 5.78. The van der Waals surface area contributed by atoms with E-state index in [9.17, 15) is 4.79 Å². The molecule has 1 aliphatic rings. The number of carbonyl (C=O) groups is 1. The van der Waals surface area contributed by atoms with Crippen LogP contribution in [0.2, 0.25) is 0 Å². The highest BCUT2D eigenvalue weighted by Gasteiger charge is 2.25. The molecule has 0 radical (unpaired) electrons. The van der Waals surface area contributed by atoms with E-state index in [1.165, 1.54) is 0 Å². The van der Waals surface area contributed by atoms with Gasteiger partial charge in [-0.1, -0.05) is 18.2 Å². The second kappa shape index (κ2) is 8.03. The van der Waals surface area contributed by atoms with Gasteiger partial charge in [0.15, 0.2) is 0 Å². The van der Waals surface area contributed by atoms with Gasteiger partial charge in [0.2, 0.25) is 5.91 Å². The number of benzene rings is 1. The van der Waals surface area contributed by atoms with E-state index in [1.807, 2.05) is 44.4 Å². The van der Waals surface area contributed by atoms with Crippen LogP contribution in [0.15, 0.2) is 30.3 Å². The van der Waals surface area contributed by atoms with E-state index in [-0.39, 0.29) is 11.8 Å². The number of hydrogen-bond acceptors (Lipinski definition) is 3. The lowest BCUT2D eigenvalue weighted by molar-refractivity contribution is -0.134. The molecule has 0 spiro atoms. The maximum absolute atomic E-state index is 11.9. The van der Waals surface area contributed by atoms with Gasteiger partial charge in [-0.25, -0.2) is 0 Å². The van der Waals surface area contributed by atoms with Crippen LogP contribution in [0.4, 0.5) is 0 Å². The van der Waals surface area contributed by atoms with Crippen molar-refractivity contribution in [3.05, 3.63) is 30.3 Å². The van der Waals surface area contributed by atoms with Crippen LogP contribution in [0.5, 0.6) is 5.75 Å². The Morgan fingerprint density at radius 1 is 1.24 bits per heavy atom. The third-order valence-electron chi connectivity index (χ3n) is 4.01. The molecule has 1 aromatic carbocycles. The van der Waals surface area contributed by atoms with Crippen LogP contribution in [0.1, 0.15) is 19.3 Å². The largest absolute Gasteiger partial charge is 0.494 e. The van der Waals surface area contributed by atoms with Gasteiger partial charge in [0.05, 0.1) is 6.61 Å². The van der Waals surface area contributed by atoms with Gasteiger partial charge in [0.25, 0.3) is 0 Å². The number of amides is 1. The summed E-state index contributed by atoms with van der Waals surface area (Å²) < 4.78 is 5.70. The number of ether oxygens (including phenoxy) is 1. The number of para-hydroxylation sites is 1. The average molecular weight is 290 g/mol. The smallest absolute Gasteiger partial charge is 0.225 e. The SMILES string of the molecule is CN(C)C(=O)C1CCN(CCCOc2ccccc2)CC1. The lowest BCUT2D eigenvalue weighted by atomic mass is 9.95. The second-order valence-corrected chi connectivity index (χ2v) is 5.86. The molecule has 1 saturated heterocycles. The third-order valence-corrected chi connectivity index (χ3v) is 4.01. The summed E-state index contributed by atoms with van der Waals surface area (Å²) in [6.45, 7) is 3.85. The minimum absolute atomic E-state index is 0.219. The number of carbonyl (C=O) groups excluding carboxylic acids is 1. The number of hydrogen-bond donors (Lipinski definition) is 0. The Labute approximate surface area is 127 Å². The molecule has 0 saturated carbocycles. The Kier molecular flexibility index (Phi) is 6.05. The van der Waals surface area contributed by atoms with E-state index in [0.29, 0.717) is 0 Å². The van der Waals surface area contributed by atoms with Crippen LogP contribution in [0.3, 0.4) is 0 Å². The van der Waals surface area contributed by atoms with Gasteiger partial charge in [-0.2, -0.15) is 0 Å². The molecule has 0 atom stereocenters. The maximum Gasteiger partial charge on any atom is 0.225 e. The molecule has 2 rings (SSSR count). The topological polar surface area (TPSA) is 32.8 Å². The monoisotopic (exact) mass is 290 g/mol. The second-order valence-electron chi connectivity index (χ2n) is 5.86. The van der Waals surface area contributed by atoms with Crippen molar-refractivity contribution in [2.24, 2.45) is 5.92 Å². The lowest BCUT2D eigenvalue weighted by Crippen LogP contribution is -2.40. The fraction of sp³-hybridized carbons (Fsp3) is 0.588. The van der Waals surface area contributed by atoms with Gasteiger partial charge in [-0.3, -0.25) is 4.79 Å². The zero-order chi connectivity index (χ0) is 15.1. The predicted octanol–water partition coefficient (Wildman–Crippen LogP) is 2.26. The summed E-state index contributed by atoms with van der Waals surface area (Å²) in [4.78, 5) is 16.1. The molecule has 0 aromatic heterocycles. The first kappa shape index (κ1) is 15.8. The van der Waals surface area contributed by atoms with Gasteiger partial charge in [-0.05, 0) is 44.5 Å². The normalized spacial score (nSPS) is 16.7. The van der Waals surface area contributed by atoms with Crippen molar-refractivity contribution in [2.75, 3.05) is 40.3 Å². The van der Waals surface area contributed by atoms with E-state index >= 15 is 0 Å². The summed E-state index contributed by atoms with van der Waals surface area (Å²) >= 11 is 0. The van der Waals surface area contributed by atoms with E-state index in [2.05, 4.69) is 4.90 Å². The Bertz CT molecular complexity index is 426. The first-order chi connectivity index (χ1) is 10.2. The van der Waals surface area contributed by atoms with Crippen molar-refractivity contribution in [2.45, 2.75) is 19.3 Å². The molecular weight excluding hydrogens is 264 g/mol. The van der Waals surface area contributed by atoms with Crippen molar-refractivity contribution in [1.82, 2.24) is 9.80 Å². The zero-order valence-electron chi connectivity index (χ0n) is 13.1. The molecule has 0 aliphatic carbocycles. The lowest BCUT2D eigenvalue weighted by Gasteiger charge is -2.32. The van der Waals surface area contributed by atoms with Crippen LogP contribution in [-0.4, -0.2) is 56.0 Å². The Balaban J connectivity index is 1.60. The Morgan fingerprint density at radius 3 is 2.52 bits per heavy atom. The molecule has 0 N–H and O–H groups in total. The summed E-state index contributed by atoms with van der Waals surface area (Å²) in [5.74, 6) is 1.44. The Hall–Kier alpha value is -1.55. The molecule has 1 fully saturated rings. The molecule has 116 valence electrons. The molecule has 4 nitrogen and oxygen atoms in total. The van der Waals surface area contributed by atoms with Crippen LogP contribution < -0.4 is 4.74 Å². The minimum Gasteiger partial charge on any atom is -0.494 e. The van der Waals surface area contributed by atoms with E-state index in [0.717, 1.165) is 51.3 Å². The van der Waals surface area contributed by atoms with Crippen LogP contribution >= 0.6 is 0 Å². The van der Waals surface area contributed by atoms with Crippen molar-refractivity contribution in [1.29, 1.82) is 0 Å².